The van der Waals surface area contributed by atoms with E-state index in [2.05, 4.69) is 10.3 Å². The molecule has 3 rings (SSSR count). The number of amides is 1. The normalized spacial score (nSPS) is 10.9. The minimum Gasteiger partial charge on any atom is -0.326 e. The molecular formula is C19H16ClN3O. The number of anilines is 1. The van der Waals surface area contributed by atoms with Crippen LogP contribution in [0.2, 0.25) is 5.02 Å². The van der Waals surface area contributed by atoms with Gasteiger partial charge < -0.3 is 9.88 Å². The van der Waals surface area contributed by atoms with Crippen LogP contribution in [0.4, 0.5) is 11.4 Å². The number of carbonyl (C=O) groups is 1. The Balaban J connectivity index is 1.79. The zero-order chi connectivity index (χ0) is 16.9. The molecule has 0 atom stereocenters. The number of nitrogens with one attached hydrogen (secondary N) is 1. The Morgan fingerprint density at radius 1 is 1.08 bits per heavy atom. The summed E-state index contributed by atoms with van der Waals surface area (Å²) < 4.78 is 2.03. The molecule has 0 spiro atoms. The van der Waals surface area contributed by atoms with Crippen molar-refractivity contribution in [3.63, 3.8) is 0 Å². The first-order valence-corrected chi connectivity index (χ1v) is 7.85. The molecule has 0 radical (unpaired) electrons. The smallest absolute Gasteiger partial charge is 0.221 e. The molecule has 1 amide bonds. The van der Waals surface area contributed by atoms with Crippen LogP contribution in [0.25, 0.3) is 5.69 Å². The second-order valence-corrected chi connectivity index (χ2v) is 5.70. The topological polar surface area (TPSA) is 46.4 Å². The van der Waals surface area contributed by atoms with E-state index < -0.39 is 0 Å². The summed E-state index contributed by atoms with van der Waals surface area (Å²) in [6.07, 6.45) is 3.78. The standard InChI is InChI=1S/C19H16ClN3O/c1-14(24)22-17-8-6-16(7-9-17)21-13-19-3-2-12-23(19)18-10-4-15(20)5-11-18/h2-13H,1H3,(H,22,24). The van der Waals surface area contributed by atoms with Crippen molar-refractivity contribution in [1.29, 1.82) is 0 Å². The Bertz CT molecular complexity index is 864. The van der Waals surface area contributed by atoms with Crippen molar-refractivity contribution in [3.05, 3.63) is 77.6 Å². The molecule has 24 heavy (non-hydrogen) atoms. The summed E-state index contributed by atoms with van der Waals surface area (Å²) in [6.45, 7) is 1.48. The second-order valence-electron chi connectivity index (χ2n) is 5.27. The van der Waals surface area contributed by atoms with Crippen LogP contribution < -0.4 is 5.32 Å². The minimum atomic E-state index is -0.0907. The predicted octanol–water partition coefficient (Wildman–Crippen LogP) is 4.84. The Kier molecular flexibility index (Phi) is 4.77. The van der Waals surface area contributed by atoms with Gasteiger partial charge in [-0.2, -0.15) is 0 Å². The van der Waals surface area contributed by atoms with Crippen LogP contribution >= 0.6 is 11.6 Å². The molecule has 0 saturated carbocycles. The molecule has 0 saturated heterocycles. The first kappa shape index (κ1) is 16.0. The summed E-state index contributed by atoms with van der Waals surface area (Å²) >= 11 is 5.94. The lowest BCUT2D eigenvalue weighted by atomic mass is 10.3. The van der Waals surface area contributed by atoms with Crippen LogP contribution in [0.3, 0.4) is 0 Å². The summed E-state index contributed by atoms with van der Waals surface area (Å²) in [5.41, 5.74) is 3.55. The molecular weight excluding hydrogens is 322 g/mol. The number of nitrogens with zero attached hydrogens (tertiary/aromatic N) is 2. The number of hydrogen-bond acceptors (Lipinski definition) is 2. The highest BCUT2D eigenvalue weighted by Gasteiger charge is 2.01. The van der Waals surface area contributed by atoms with Crippen molar-refractivity contribution in [2.45, 2.75) is 6.92 Å². The zero-order valence-electron chi connectivity index (χ0n) is 13.1. The lowest BCUT2D eigenvalue weighted by Gasteiger charge is -2.06. The van der Waals surface area contributed by atoms with Crippen molar-refractivity contribution in [3.8, 4) is 5.69 Å². The van der Waals surface area contributed by atoms with Gasteiger partial charge in [-0.25, -0.2) is 0 Å². The van der Waals surface area contributed by atoms with Crippen molar-refractivity contribution in [2.75, 3.05) is 5.32 Å². The second kappa shape index (κ2) is 7.15. The summed E-state index contributed by atoms with van der Waals surface area (Å²) in [7, 11) is 0. The van der Waals surface area contributed by atoms with Gasteiger partial charge in [-0.1, -0.05) is 11.6 Å². The molecule has 1 heterocycles. The van der Waals surface area contributed by atoms with Crippen molar-refractivity contribution in [1.82, 2.24) is 4.57 Å². The molecule has 5 heteroatoms. The summed E-state index contributed by atoms with van der Waals surface area (Å²) in [6, 6.07) is 19.0. The third-order valence-electron chi connectivity index (χ3n) is 3.42. The highest BCUT2D eigenvalue weighted by molar-refractivity contribution is 6.30. The Labute approximate surface area is 145 Å². The first-order valence-electron chi connectivity index (χ1n) is 7.47. The van der Waals surface area contributed by atoms with Gasteiger partial charge in [-0.05, 0) is 60.7 Å². The molecule has 3 aromatic rings. The number of halogens is 1. The van der Waals surface area contributed by atoms with Gasteiger partial charge in [0.05, 0.1) is 17.6 Å². The fourth-order valence-electron chi connectivity index (χ4n) is 2.31. The van der Waals surface area contributed by atoms with Crippen LogP contribution in [0.1, 0.15) is 12.6 Å². The monoisotopic (exact) mass is 337 g/mol. The van der Waals surface area contributed by atoms with Crippen molar-refractivity contribution < 1.29 is 4.79 Å². The van der Waals surface area contributed by atoms with Gasteiger partial charge in [0.1, 0.15) is 0 Å². The van der Waals surface area contributed by atoms with E-state index in [0.717, 1.165) is 22.8 Å². The predicted molar refractivity (Wildman–Crippen MR) is 98.8 cm³/mol. The Morgan fingerprint density at radius 3 is 2.46 bits per heavy atom. The van der Waals surface area contributed by atoms with E-state index in [4.69, 9.17) is 11.6 Å². The molecule has 0 aliphatic rings. The Hall–Kier alpha value is -2.85. The van der Waals surface area contributed by atoms with E-state index in [1.54, 1.807) is 0 Å². The van der Waals surface area contributed by atoms with Crippen LogP contribution in [-0.4, -0.2) is 16.7 Å². The molecule has 1 N–H and O–H groups in total. The fourth-order valence-corrected chi connectivity index (χ4v) is 2.44. The third-order valence-corrected chi connectivity index (χ3v) is 3.67. The number of aromatic nitrogens is 1. The van der Waals surface area contributed by atoms with Gasteiger partial charge in [0.15, 0.2) is 0 Å². The van der Waals surface area contributed by atoms with Crippen LogP contribution in [-0.2, 0) is 4.79 Å². The molecule has 0 bridgehead atoms. The number of aliphatic imine (C=N–C) groups is 1. The van der Waals surface area contributed by atoms with Crippen LogP contribution in [0, 0.1) is 0 Å². The maximum atomic E-state index is 11.0. The molecule has 120 valence electrons. The van der Waals surface area contributed by atoms with Gasteiger partial charge in [-0.15, -0.1) is 0 Å². The SMILES string of the molecule is CC(=O)Nc1ccc(N=Cc2cccn2-c2ccc(Cl)cc2)cc1. The number of hydrogen-bond donors (Lipinski definition) is 1. The average Bonchev–Trinajstić information content (AvgIpc) is 3.03. The first-order chi connectivity index (χ1) is 11.6. The van der Waals surface area contributed by atoms with E-state index in [1.165, 1.54) is 6.92 Å². The van der Waals surface area contributed by atoms with E-state index in [-0.39, 0.29) is 5.91 Å². The molecule has 0 unspecified atom stereocenters. The van der Waals surface area contributed by atoms with Gasteiger partial charge in [0.2, 0.25) is 5.91 Å². The van der Waals surface area contributed by atoms with Gasteiger partial charge in [-0.3, -0.25) is 9.79 Å². The van der Waals surface area contributed by atoms with E-state index in [0.29, 0.717) is 5.02 Å². The lowest BCUT2D eigenvalue weighted by Crippen LogP contribution is -2.04. The highest BCUT2D eigenvalue weighted by atomic mass is 35.5. The molecule has 1 aromatic heterocycles. The molecule has 0 fully saturated rings. The number of benzene rings is 2. The average molecular weight is 338 g/mol. The number of carbonyl (C=O) groups excluding carboxylic acids is 1. The quantitative estimate of drug-likeness (QED) is 0.680. The Morgan fingerprint density at radius 2 is 1.79 bits per heavy atom. The van der Waals surface area contributed by atoms with Crippen LogP contribution in [0.15, 0.2) is 71.9 Å². The van der Waals surface area contributed by atoms with E-state index >= 15 is 0 Å². The van der Waals surface area contributed by atoms with Gasteiger partial charge in [0, 0.05) is 29.5 Å². The van der Waals surface area contributed by atoms with Gasteiger partial charge >= 0.3 is 0 Å². The lowest BCUT2D eigenvalue weighted by molar-refractivity contribution is -0.114. The summed E-state index contributed by atoms with van der Waals surface area (Å²) in [4.78, 5) is 15.5. The molecule has 4 nitrogen and oxygen atoms in total. The third kappa shape index (κ3) is 3.91. The zero-order valence-corrected chi connectivity index (χ0v) is 13.9. The molecule has 2 aromatic carbocycles. The van der Waals surface area contributed by atoms with Crippen molar-refractivity contribution in [2.24, 2.45) is 4.99 Å². The fraction of sp³-hybridized carbons (Fsp3) is 0.0526. The molecule has 0 aliphatic heterocycles. The van der Waals surface area contributed by atoms with Gasteiger partial charge in [0.25, 0.3) is 0 Å². The van der Waals surface area contributed by atoms with Crippen molar-refractivity contribution >= 4 is 35.1 Å². The van der Waals surface area contributed by atoms with E-state index in [9.17, 15) is 4.79 Å². The minimum absolute atomic E-state index is 0.0907. The highest BCUT2D eigenvalue weighted by Crippen LogP contribution is 2.18. The maximum Gasteiger partial charge on any atom is 0.221 e. The largest absolute Gasteiger partial charge is 0.326 e. The number of rotatable bonds is 4. The van der Waals surface area contributed by atoms with E-state index in [1.807, 2.05) is 77.6 Å². The molecule has 0 aliphatic carbocycles. The van der Waals surface area contributed by atoms with Crippen LogP contribution in [0.5, 0.6) is 0 Å². The summed E-state index contributed by atoms with van der Waals surface area (Å²) in [5.74, 6) is -0.0907. The summed E-state index contributed by atoms with van der Waals surface area (Å²) in [5, 5.41) is 3.44. The maximum absolute atomic E-state index is 11.0.